The van der Waals surface area contributed by atoms with Gasteiger partial charge in [-0.1, -0.05) is 19.4 Å². The summed E-state index contributed by atoms with van der Waals surface area (Å²) in [5.41, 5.74) is 1.02. The first-order chi connectivity index (χ1) is 5.24. The van der Waals surface area contributed by atoms with Gasteiger partial charge in [-0.15, -0.1) is 0 Å². The zero-order valence-corrected chi connectivity index (χ0v) is 6.58. The molecule has 1 N–H and O–H groups in total. The largest absolute Gasteiger partial charge is 0.381 e. The summed E-state index contributed by atoms with van der Waals surface area (Å²) >= 11 is 0. The average molecular weight is 152 g/mol. The number of carbonyl (C=O) groups is 1. The maximum Gasteiger partial charge on any atom is 0.188 e. The van der Waals surface area contributed by atoms with Crippen molar-refractivity contribution in [3.05, 3.63) is 23.8 Å². The van der Waals surface area contributed by atoms with Crippen molar-refractivity contribution in [2.45, 2.75) is 25.9 Å². The summed E-state index contributed by atoms with van der Waals surface area (Å²) in [4.78, 5) is 10.9. The molecular formula is C9H12O2. The molecule has 2 nitrogen and oxygen atoms in total. The number of hydrogen-bond acceptors (Lipinski definition) is 2. The lowest BCUT2D eigenvalue weighted by Crippen LogP contribution is -2.18. The van der Waals surface area contributed by atoms with Crippen LogP contribution in [0, 0.1) is 0 Å². The van der Waals surface area contributed by atoms with E-state index < -0.39 is 6.10 Å². The van der Waals surface area contributed by atoms with E-state index in [4.69, 9.17) is 5.11 Å². The Morgan fingerprint density at radius 1 is 1.64 bits per heavy atom. The van der Waals surface area contributed by atoms with Gasteiger partial charge in [-0.25, -0.2) is 0 Å². The average Bonchev–Trinajstić information content (AvgIpc) is 1.98. The van der Waals surface area contributed by atoms with Crippen molar-refractivity contribution >= 4 is 5.78 Å². The predicted molar refractivity (Wildman–Crippen MR) is 43.1 cm³/mol. The van der Waals surface area contributed by atoms with Gasteiger partial charge < -0.3 is 5.11 Å². The monoisotopic (exact) mass is 152 g/mol. The van der Waals surface area contributed by atoms with Crippen LogP contribution in [-0.2, 0) is 4.79 Å². The van der Waals surface area contributed by atoms with Crippen LogP contribution in [0.25, 0.3) is 0 Å². The van der Waals surface area contributed by atoms with Gasteiger partial charge in [0.1, 0.15) is 6.10 Å². The molecule has 60 valence electrons. The standard InChI is InChI=1S/C9H12O2/c1-2-3-7-4-5-8(10)9(11)6-7/h4-6,8,10H,2-3H2,1H3. The molecule has 0 radical (unpaired) electrons. The molecule has 1 aliphatic rings. The van der Waals surface area contributed by atoms with Crippen molar-refractivity contribution in [2.24, 2.45) is 0 Å². The number of aliphatic hydroxyl groups excluding tert-OH is 1. The molecule has 0 aliphatic heterocycles. The molecule has 0 saturated heterocycles. The Bertz CT molecular complexity index is 214. The summed E-state index contributed by atoms with van der Waals surface area (Å²) in [6.45, 7) is 2.06. The van der Waals surface area contributed by atoms with Crippen molar-refractivity contribution in [3.8, 4) is 0 Å². The highest BCUT2D eigenvalue weighted by Gasteiger charge is 2.12. The highest BCUT2D eigenvalue weighted by atomic mass is 16.3. The van der Waals surface area contributed by atoms with E-state index in [9.17, 15) is 4.79 Å². The molecule has 0 saturated carbocycles. The maximum absolute atomic E-state index is 10.9. The Hall–Kier alpha value is -0.890. The van der Waals surface area contributed by atoms with Gasteiger partial charge >= 0.3 is 0 Å². The van der Waals surface area contributed by atoms with Gasteiger partial charge in [0.15, 0.2) is 5.78 Å². The molecule has 1 unspecified atom stereocenters. The summed E-state index contributed by atoms with van der Waals surface area (Å²) in [6, 6.07) is 0. The Morgan fingerprint density at radius 2 is 2.36 bits per heavy atom. The summed E-state index contributed by atoms with van der Waals surface area (Å²) in [7, 11) is 0. The first kappa shape index (κ1) is 8.21. The zero-order valence-electron chi connectivity index (χ0n) is 6.58. The lowest BCUT2D eigenvalue weighted by atomic mass is 10.0. The molecule has 0 aromatic heterocycles. The normalized spacial score (nSPS) is 23.6. The lowest BCUT2D eigenvalue weighted by molar-refractivity contribution is -0.120. The molecule has 2 heteroatoms. The Balaban J connectivity index is 2.64. The van der Waals surface area contributed by atoms with Gasteiger partial charge in [0.25, 0.3) is 0 Å². The topological polar surface area (TPSA) is 37.3 Å². The SMILES string of the molecule is CCCC1=CC(=O)C(O)C=C1. The molecule has 0 fully saturated rings. The van der Waals surface area contributed by atoms with Gasteiger partial charge in [0.05, 0.1) is 0 Å². The van der Waals surface area contributed by atoms with Crippen LogP contribution in [0.2, 0.25) is 0 Å². The van der Waals surface area contributed by atoms with E-state index in [0.29, 0.717) is 0 Å². The second-order valence-corrected chi connectivity index (χ2v) is 2.68. The van der Waals surface area contributed by atoms with E-state index in [-0.39, 0.29) is 5.78 Å². The minimum Gasteiger partial charge on any atom is -0.381 e. The minimum absolute atomic E-state index is 0.198. The van der Waals surface area contributed by atoms with Crippen molar-refractivity contribution in [3.63, 3.8) is 0 Å². The lowest BCUT2D eigenvalue weighted by Gasteiger charge is -2.08. The van der Waals surface area contributed by atoms with Gasteiger partial charge in [0.2, 0.25) is 0 Å². The molecule has 0 amide bonds. The highest BCUT2D eigenvalue weighted by molar-refractivity contribution is 5.96. The first-order valence-corrected chi connectivity index (χ1v) is 3.84. The van der Waals surface area contributed by atoms with Crippen molar-refractivity contribution in [1.29, 1.82) is 0 Å². The number of rotatable bonds is 2. The number of aliphatic hydroxyl groups is 1. The van der Waals surface area contributed by atoms with E-state index in [1.54, 1.807) is 0 Å². The number of ketones is 1. The number of allylic oxidation sites excluding steroid dienone is 2. The minimum atomic E-state index is -0.907. The molecule has 0 aromatic carbocycles. The molecule has 0 bridgehead atoms. The second kappa shape index (κ2) is 3.49. The van der Waals surface area contributed by atoms with Crippen molar-refractivity contribution < 1.29 is 9.90 Å². The van der Waals surface area contributed by atoms with Crippen molar-refractivity contribution in [1.82, 2.24) is 0 Å². The number of hydrogen-bond donors (Lipinski definition) is 1. The predicted octanol–water partition coefficient (Wildman–Crippen LogP) is 1.21. The van der Waals surface area contributed by atoms with Crippen LogP contribution in [0.1, 0.15) is 19.8 Å². The molecular weight excluding hydrogens is 140 g/mol. The summed E-state index contributed by atoms with van der Waals surface area (Å²) in [6.07, 6.45) is 5.90. The molecule has 0 aromatic rings. The molecule has 1 aliphatic carbocycles. The molecule has 0 heterocycles. The van der Waals surface area contributed by atoms with Crippen LogP contribution < -0.4 is 0 Å². The molecule has 1 rings (SSSR count). The van der Waals surface area contributed by atoms with Gasteiger partial charge in [-0.05, 0) is 24.1 Å². The Labute approximate surface area is 66.2 Å². The van der Waals surface area contributed by atoms with Crippen LogP contribution in [0.15, 0.2) is 23.8 Å². The molecule has 0 spiro atoms. The van der Waals surface area contributed by atoms with Crippen LogP contribution in [0.3, 0.4) is 0 Å². The fraction of sp³-hybridized carbons (Fsp3) is 0.444. The van der Waals surface area contributed by atoms with E-state index in [1.807, 2.05) is 6.08 Å². The molecule has 1 atom stereocenters. The van der Waals surface area contributed by atoms with E-state index in [0.717, 1.165) is 18.4 Å². The number of carbonyl (C=O) groups excluding carboxylic acids is 1. The maximum atomic E-state index is 10.9. The fourth-order valence-corrected chi connectivity index (χ4v) is 1.07. The smallest absolute Gasteiger partial charge is 0.188 e. The van der Waals surface area contributed by atoms with Gasteiger partial charge in [0, 0.05) is 0 Å². The third-order valence-electron chi connectivity index (χ3n) is 1.65. The van der Waals surface area contributed by atoms with Crippen LogP contribution in [0.4, 0.5) is 0 Å². The van der Waals surface area contributed by atoms with Crippen LogP contribution in [-0.4, -0.2) is 17.0 Å². The quantitative estimate of drug-likeness (QED) is 0.645. The van der Waals surface area contributed by atoms with Gasteiger partial charge in [-0.2, -0.15) is 0 Å². The van der Waals surface area contributed by atoms with Gasteiger partial charge in [-0.3, -0.25) is 4.79 Å². The summed E-state index contributed by atoms with van der Waals surface area (Å²) in [5.74, 6) is -0.198. The second-order valence-electron chi connectivity index (χ2n) is 2.68. The zero-order chi connectivity index (χ0) is 8.27. The fourth-order valence-electron chi connectivity index (χ4n) is 1.07. The van der Waals surface area contributed by atoms with E-state index in [1.165, 1.54) is 12.2 Å². The third-order valence-corrected chi connectivity index (χ3v) is 1.65. The highest BCUT2D eigenvalue weighted by Crippen LogP contribution is 2.12. The van der Waals surface area contributed by atoms with Crippen LogP contribution >= 0.6 is 0 Å². The van der Waals surface area contributed by atoms with E-state index >= 15 is 0 Å². The summed E-state index contributed by atoms with van der Waals surface area (Å²) in [5, 5.41) is 8.98. The van der Waals surface area contributed by atoms with Crippen molar-refractivity contribution in [2.75, 3.05) is 0 Å². The van der Waals surface area contributed by atoms with Crippen LogP contribution in [0.5, 0.6) is 0 Å². The molecule has 11 heavy (non-hydrogen) atoms. The first-order valence-electron chi connectivity index (χ1n) is 3.84. The summed E-state index contributed by atoms with van der Waals surface area (Å²) < 4.78 is 0. The Kier molecular flexibility index (Phi) is 2.60. The van der Waals surface area contributed by atoms with E-state index in [2.05, 4.69) is 6.92 Å². The third kappa shape index (κ3) is 2.02. The Morgan fingerprint density at radius 3 is 2.91 bits per heavy atom.